The van der Waals surface area contributed by atoms with Crippen LogP contribution in [0.2, 0.25) is 0 Å². The third kappa shape index (κ3) is 5.05. The molecule has 8 heteroatoms. The molecule has 0 spiro atoms. The lowest BCUT2D eigenvalue weighted by atomic mass is 9.90. The van der Waals surface area contributed by atoms with E-state index in [1.54, 1.807) is 37.0 Å². The van der Waals surface area contributed by atoms with E-state index in [9.17, 15) is 9.59 Å². The first kappa shape index (κ1) is 25.2. The maximum atomic E-state index is 13.0. The van der Waals surface area contributed by atoms with Gasteiger partial charge in [0.05, 0.1) is 39.7 Å². The fourth-order valence-electron chi connectivity index (χ4n) is 4.70. The van der Waals surface area contributed by atoms with Crippen LogP contribution in [0, 0.1) is 13.8 Å². The first-order chi connectivity index (χ1) is 16.2. The lowest BCUT2D eigenvalue weighted by Crippen LogP contribution is -2.47. The van der Waals surface area contributed by atoms with Gasteiger partial charge in [0.15, 0.2) is 11.5 Å². The Balaban J connectivity index is 2.15. The van der Waals surface area contributed by atoms with Crippen molar-refractivity contribution in [2.24, 2.45) is 0 Å². The number of hydrogen-bond donors (Lipinski definition) is 0. The summed E-state index contributed by atoms with van der Waals surface area (Å²) < 4.78 is 21.6. The Morgan fingerprint density at radius 2 is 1.62 bits per heavy atom. The van der Waals surface area contributed by atoms with E-state index in [1.807, 2.05) is 26.8 Å². The highest BCUT2D eigenvalue weighted by atomic mass is 16.6. The van der Waals surface area contributed by atoms with Crippen LogP contribution >= 0.6 is 0 Å². The van der Waals surface area contributed by atoms with Gasteiger partial charge in [-0.2, -0.15) is 0 Å². The molecule has 2 amide bonds. The highest BCUT2D eigenvalue weighted by Gasteiger charge is 2.40. The van der Waals surface area contributed by atoms with Crippen LogP contribution in [-0.4, -0.2) is 51.1 Å². The van der Waals surface area contributed by atoms with E-state index in [-0.39, 0.29) is 18.7 Å². The molecule has 0 bridgehead atoms. The van der Waals surface area contributed by atoms with Gasteiger partial charge < -0.3 is 18.9 Å². The summed E-state index contributed by atoms with van der Waals surface area (Å²) in [5.41, 5.74) is 4.63. The van der Waals surface area contributed by atoms with Gasteiger partial charge in [0.25, 0.3) is 0 Å². The molecule has 1 aliphatic heterocycles. The third-order valence-corrected chi connectivity index (χ3v) is 6.04. The highest BCUT2D eigenvalue weighted by molar-refractivity contribution is 5.91. The topological polar surface area (TPSA) is 77.5 Å². The lowest BCUT2D eigenvalue weighted by Gasteiger charge is -2.42. The molecule has 3 rings (SSSR count). The maximum absolute atomic E-state index is 13.0. The number of nitrogens with zero attached hydrogens (tertiary/aromatic N) is 2. The van der Waals surface area contributed by atoms with E-state index in [2.05, 4.69) is 18.2 Å². The number of amides is 2. The largest absolute Gasteiger partial charge is 0.493 e. The van der Waals surface area contributed by atoms with Crippen molar-refractivity contribution in [1.82, 2.24) is 4.90 Å². The Hall–Kier alpha value is -3.42. The van der Waals surface area contributed by atoms with Crippen LogP contribution in [-0.2, 0) is 16.0 Å². The molecule has 0 saturated carbocycles. The Labute approximate surface area is 201 Å². The number of methoxy groups -OCH3 is 3. The van der Waals surface area contributed by atoms with Crippen LogP contribution in [0.5, 0.6) is 11.5 Å². The standard InChI is InChI=1S/C26H34N2O6/c1-8-34-26(30)28-18(4)12-21(20-13-23(31-5)24(32-6)14-22(20)28)27(25(29)33-7)15-19-10-16(2)9-17(3)11-19/h9-11,13-14,18,21H,8,12,15H2,1-7H3/t18-,21+/m1/s1. The highest BCUT2D eigenvalue weighted by Crippen LogP contribution is 2.46. The van der Waals surface area contributed by atoms with Crippen LogP contribution in [0.1, 0.15) is 48.6 Å². The minimum absolute atomic E-state index is 0.235. The molecule has 8 nitrogen and oxygen atoms in total. The lowest BCUT2D eigenvalue weighted by molar-refractivity contribution is 0.0941. The quantitative estimate of drug-likeness (QED) is 0.564. The molecule has 0 unspecified atom stereocenters. The summed E-state index contributed by atoms with van der Waals surface area (Å²) in [6.07, 6.45) is -0.385. The van der Waals surface area contributed by atoms with E-state index in [4.69, 9.17) is 18.9 Å². The zero-order valence-electron chi connectivity index (χ0n) is 21.0. The zero-order valence-corrected chi connectivity index (χ0v) is 21.0. The van der Waals surface area contributed by atoms with E-state index >= 15 is 0 Å². The van der Waals surface area contributed by atoms with Crippen molar-refractivity contribution < 1.29 is 28.5 Å². The summed E-state index contributed by atoms with van der Waals surface area (Å²) in [5.74, 6) is 1.00. The molecule has 2 aromatic rings. The van der Waals surface area contributed by atoms with Gasteiger partial charge in [-0.15, -0.1) is 0 Å². The van der Waals surface area contributed by atoms with Crippen molar-refractivity contribution in [3.8, 4) is 11.5 Å². The van der Waals surface area contributed by atoms with Gasteiger partial charge in [0.1, 0.15) is 0 Å². The van der Waals surface area contributed by atoms with Crippen molar-refractivity contribution in [2.75, 3.05) is 32.8 Å². The van der Waals surface area contributed by atoms with E-state index < -0.39 is 12.2 Å². The molecule has 1 heterocycles. The summed E-state index contributed by atoms with van der Waals surface area (Å²) in [6, 6.07) is 9.22. The molecule has 2 aromatic carbocycles. The van der Waals surface area contributed by atoms with Gasteiger partial charge in [-0.3, -0.25) is 9.80 Å². The summed E-state index contributed by atoms with van der Waals surface area (Å²) in [6.45, 7) is 8.40. The molecule has 0 N–H and O–H groups in total. The van der Waals surface area contributed by atoms with Crippen molar-refractivity contribution in [2.45, 2.75) is 52.7 Å². The maximum Gasteiger partial charge on any atom is 0.414 e. The number of ether oxygens (including phenoxy) is 4. The van der Waals surface area contributed by atoms with Crippen molar-refractivity contribution in [3.05, 3.63) is 52.6 Å². The summed E-state index contributed by atoms with van der Waals surface area (Å²) in [7, 11) is 4.48. The van der Waals surface area contributed by atoms with Crippen LogP contribution in [0.25, 0.3) is 0 Å². The monoisotopic (exact) mass is 470 g/mol. The average molecular weight is 471 g/mol. The number of carbonyl (C=O) groups excluding carboxylic acids is 2. The zero-order chi connectivity index (χ0) is 25.0. The van der Waals surface area contributed by atoms with E-state index in [0.29, 0.717) is 30.2 Å². The van der Waals surface area contributed by atoms with Gasteiger partial charge >= 0.3 is 12.2 Å². The first-order valence-corrected chi connectivity index (χ1v) is 11.4. The second-order valence-electron chi connectivity index (χ2n) is 8.53. The Kier molecular flexibility index (Phi) is 7.91. The van der Waals surface area contributed by atoms with E-state index in [0.717, 1.165) is 22.3 Å². The van der Waals surface area contributed by atoms with E-state index in [1.165, 1.54) is 7.11 Å². The number of rotatable bonds is 6. The third-order valence-electron chi connectivity index (χ3n) is 6.04. The van der Waals surface area contributed by atoms with Gasteiger partial charge in [-0.25, -0.2) is 9.59 Å². The number of fused-ring (bicyclic) bond motifs is 1. The fraction of sp³-hybridized carbons (Fsp3) is 0.462. The van der Waals surface area contributed by atoms with Gasteiger partial charge in [-0.1, -0.05) is 29.3 Å². The van der Waals surface area contributed by atoms with Crippen molar-refractivity contribution in [3.63, 3.8) is 0 Å². The first-order valence-electron chi connectivity index (χ1n) is 11.4. The van der Waals surface area contributed by atoms with Gasteiger partial charge in [0.2, 0.25) is 0 Å². The molecule has 0 fully saturated rings. The summed E-state index contributed by atoms with van der Waals surface area (Å²) in [4.78, 5) is 29.2. The summed E-state index contributed by atoms with van der Waals surface area (Å²) in [5, 5.41) is 0. The second-order valence-corrected chi connectivity index (χ2v) is 8.53. The molecule has 0 aromatic heterocycles. The number of aryl methyl sites for hydroxylation is 2. The summed E-state index contributed by atoms with van der Waals surface area (Å²) >= 11 is 0. The van der Waals surface area contributed by atoms with Crippen LogP contribution < -0.4 is 14.4 Å². The molecule has 0 aliphatic carbocycles. The minimum Gasteiger partial charge on any atom is -0.493 e. The molecule has 184 valence electrons. The smallest absolute Gasteiger partial charge is 0.414 e. The second kappa shape index (κ2) is 10.7. The molecule has 34 heavy (non-hydrogen) atoms. The Morgan fingerprint density at radius 3 is 2.18 bits per heavy atom. The predicted octanol–water partition coefficient (Wildman–Crippen LogP) is 5.39. The molecular formula is C26H34N2O6. The number of hydrogen-bond acceptors (Lipinski definition) is 6. The molecule has 1 aliphatic rings. The average Bonchev–Trinajstić information content (AvgIpc) is 2.80. The SMILES string of the molecule is CCOC(=O)N1c2cc(OC)c(OC)cc2[C@@H](N(Cc2cc(C)cc(C)c2)C(=O)OC)C[C@H]1C. The molecular weight excluding hydrogens is 436 g/mol. The normalized spacial score (nSPS) is 17.0. The Bertz CT molecular complexity index is 1030. The van der Waals surface area contributed by atoms with Crippen molar-refractivity contribution >= 4 is 17.9 Å². The molecule has 2 atom stereocenters. The number of benzene rings is 2. The van der Waals surface area contributed by atoms with Crippen molar-refractivity contribution in [1.29, 1.82) is 0 Å². The molecule has 0 saturated heterocycles. The predicted molar refractivity (Wildman–Crippen MR) is 130 cm³/mol. The minimum atomic E-state index is -0.444. The molecule has 0 radical (unpaired) electrons. The van der Waals surface area contributed by atoms with Gasteiger partial charge in [-0.05, 0) is 45.7 Å². The van der Waals surface area contributed by atoms with Gasteiger partial charge in [0, 0.05) is 24.2 Å². The number of carbonyl (C=O) groups is 2. The van der Waals surface area contributed by atoms with Crippen LogP contribution in [0.4, 0.5) is 15.3 Å². The van der Waals surface area contributed by atoms with Crippen LogP contribution in [0.3, 0.4) is 0 Å². The Morgan fingerprint density at radius 1 is 1.00 bits per heavy atom. The number of anilines is 1. The fourth-order valence-corrected chi connectivity index (χ4v) is 4.70. The van der Waals surface area contributed by atoms with Crippen LogP contribution in [0.15, 0.2) is 30.3 Å².